The fraction of sp³-hybridized carbons (Fsp3) is 0.500. The highest BCUT2D eigenvalue weighted by atomic mass is 79.9. The zero-order valence-corrected chi connectivity index (χ0v) is 18.2. The van der Waals surface area contributed by atoms with Crippen LogP contribution < -0.4 is 0 Å². The number of carbonyl (C=O) groups is 2. The van der Waals surface area contributed by atoms with Crippen LogP contribution in [-0.4, -0.2) is 87.1 Å². The Balaban J connectivity index is 1.79. The van der Waals surface area contributed by atoms with E-state index in [-0.39, 0.29) is 22.2 Å². The highest BCUT2D eigenvalue weighted by Gasteiger charge is 2.45. The Labute approximate surface area is 181 Å². The summed E-state index contributed by atoms with van der Waals surface area (Å²) in [5.74, 6) is -1.31. The largest absolute Gasteiger partial charge is 0.469 e. The molecule has 164 valence electrons. The lowest BCUT2D eigenvalue weighted by atomic mass is 10.1. The molecule has 3 heterocycles. The Hall–Kier alpha value is -1.29. The van der Waals surface area contributed by atoms with E-state index < -0.39 is 50.5 Å². The van der Waals surface area contributed by atoms with Crippen LogP contribution in [0.5, 0.6) is 0 Å². The third kappa shape index (κ3) is 5.12. The van der Waals surface area contributed by atoms with Gasteiger partial charge in [0.15, 0.2) is 11.9 Å². The summed E-state index contributed by atoms with van der Waals surface area (Å²) < 4.78 is 22.0. The first-order chi connectivity index (χ1) is 14.1. The number of aromatic nitrogens is 4. The molecule has 13 nitrogen and oxygen atoms in total. The van der Waals surface area contributed by atoms with Crippen LogP contribution in [0.4, 0.5) is 0 Å². The molecule has 1 saturated heterocycles. The molecule has 0 bridgehead atoms. The van der Waals surface area contributed by atoms with E-state index in [0.29, 0.717) is 5.03 Å². The summed E-state index contributed by atoms with van der Waals surface area (Å²) in [5, 5.41) is 20.7. The maximum Gasteiger partial charge on any atom is 0.469 e. The fourth-order valence-electron chi connectivity index (χ4n) is 2.68. The second-order valence-corrected chi connectivity index (χ2v) is 8.87. The van der Waals surface area contributed by atoms with Crippen molar-refractivity contribution < 1.29 is 43.4 Å². The topological polar surface area (TPSA) is 194 Å². The van der Waals surface area contributed by atoms with Gasteiger partial charge < -0.3 is 24.7 Å². The quantitative estimate of drug-likeness (QED) is 0.104. The summed E-state index contributed by atoms with van der Waals surface area (Å²) in [4.78, 5) is 53.0. The lowest BCUT2D eigenvalue weighted by Crippen LogP contribution is -2.33. The highest BCUT2D eigenvalue weighted by molar-refractivity contribution is 9.09. The van der Waals surface area contributed by atoms with E-state index in [1.165, 1.54) is 17.2 Å². The molecular weight excluding hydrogens is 511 g/mol. The molecule has 4 N–H and O–H groups in total. The van der Waals surface area contributed by atoms with Crippen molar-refractivity contribution in [1.29, 1.82) is 0 Å². The number of Topliss-reactive ketones (excluding diaryl/α,β-unsaturated/α-hetero) is 2. The van der Waals surface area contributed by atoms with Crippen molar-refractivity contribution in [2.24, 2.45) is 0 Å². The number of fused-ring (bicyclic) bond motifs is 1. The van der Waals surface area contributed by atoms with Gasteiger partial charge in [0.05, 0.1) is 24.0 Å². The number of hydrogen-bond donors (Lipinski definition) is 4. The van der Waals surface area contributed by atoms with Gasteiger partial charge in [0.1, 0.15) is 35.2 Å². The summed E-state index contributed by atoms with van der Waals surface area (Å²) in [5.41, 5.74) is 0.501. The summed E-state index contributed by atoms with van der Waals surface area (Å²) in [6.45, 7) is -0.647. The average Bonchev–Trinajstić information content (AvgIpc) is 3.25. The molecule has 16 heteroatoms. The SMILES string of the molecule is O=C(CBr)C(=O)CSc1ncnc2c1ncn2[C@@H]1O[C@H](COP(=O)(O)O)[C@@H](O)[C@H]1O. The molecule has 1 aliphatic rings. The molecular formula is C14H16BrN4O9PS. The lowest BCUT2D eigenvalue weighted by molar-refractivity contribution is -0.133. The van der Waals surface area contributed by atoms with Gasteiger partial charge in [0.25, 0.3) is 0 Å². The highest BCUT2D eigenvalue weighted by Crippen LogP contribution is 2.39. The molecule has 0 amide bonds. The van der Waals surface area contributed by atoms with Crippen LogP contribution >= 0.6 is 35.5 Å². The Morgan fingerprint density at radius 2 is 1.97 bits per heavy atom. The molecule has 0 saturated carbocycles. The molecule has 2 aromatic rings. The number of phosphoric ester groups is 1. The number of carbonyl (C=O) groups excluding carboxylic acids is 2. The molecule has 0 spiro atoms. The van der Waals surface area contributed by atoms with Crippen LogP contribution in [0.1, 0.15) is 6.23 Å². The fourth-order valence-corrected chi connectivity index (χ4v) is 4.16. The number of ether oxygens (including phenoxy) is 1. The maximum absolute atomic E-state index is 11.7. The molecule has 0 radical (unpaired) electrons. The van der Waals surface area contributed by atoms with Gasteiger partial charge >= 0.3 is 7.82 Å². The number of aliphatic hydroxyl groups excluding tert-OH is 2. The molecule has 2 aromatic heterocycles. The van der Waals surface area contributed by atoms with Crippen molar-refractivity contribution >= 4 is 58.2 Å². The van der Waals surface area contributed by atoms with Gasteiger partial charge in [0, 0.05) is 0 Å². The van der Waals surface area contributed by atoms with Gasteiger partial charge in [0.2, 0.25) is 11.6 Å². The summed E-state index contributed by atoms with van der Waals surface area (Å²) >= 11 is 3.92. The standard InChI is InChI=1S/C14H16BrN4O9PS/c15-1-6(20)7(21)3-30-13-9-12(16-4-17-13)19(5-18-9)14-11(23)10(22)8(28-14)2-27-29(24,25)26/h4-5,8,10-11,14,22-23H,1-3H2,(H2,24,25,26)/t8-,10-,11-,14-/m1/s1. The monoisotopic (exact) mass is 526 g/mol. The van der Waals surface area contributed by atoms with E-state index in [2.05, 4.69) is 35.4 Å². The van der Waals surface area contributed by atoms with Crippen molar-refractivity contribution in [3.63, 3.8) is 0 Å². The zero-order chi connectivity index (χ0) is 22.1. The number of ketones is 2. The van der Waals surface area contributed by atoms with Gasteiger partial charge in [-0.3, -0.25) is 18.7 Å². The molecule has 4 atom stereocenters. The van der Waals surface area contributed by atoms with Crippen LogP contribution in [-0.2, 0) is 23.4 Å². The predicted octanol–water partition coefficient (Wildman–Crippen LogP) is -0.820. The van der Waals surface area contributed by atoms with Crippen LogP contribution in [0.15, 0.2) is 17.7 Å². The molecule has 30 heavy (non-hydrogen) atoms. The first kappa shape index (κ1) is 23.4. The molecule has 3 rings (SSSR count). The minimum Gasteiger partial charge on any atom is -0.387 e. The van der Waals surface area contributed by atoms with Crippen LogP contribution in [0.3, 0.4) is 0 Å². The Bertz CT molecular complexity index is 1000. The summed E-state index contributed by atoms with van der Waals surface area (Å²) in [6, 6.07) is 0. The Morgan fingerprint density at radius 1 is 1.23 bits per heavy atom. The number of aliphatic hydroxyl groups is 2. The smallest absolute Gasteiger partial charge is 0.387 e. The number of nitrogens with zero attached hydrogens (tertiary/aromatic N) is 4. The Kier molecular flexibility index (Phi) is 7.37. The normalized spacial score (nSPS) is 24.4. The van der Waals surface area contributed by atoms with E-state index >= 15 is 0 Å². The third-order valence-corrected chi connectivity index (χ3v) is 6.09. The van der Waals surface area contributed by atoms with Crippen molar-refractivity contribution in [2.45, 2.75) is 29.6 Å². The van der Waals surface area contributed by atoms with Gasteiger partial charge in [-0.15, -0.1) is 0 Å². The van der Waals surface area contributed by atoms with Crippen LogP contribution in [0.25, 0.3) is 11.2 Å². The van der Waals surface area contributed by atoms with E-state index in [9.17, 15) is 24.4 Å². The van der Waals surface area contributed by atoms with E-state index in [1.54, 1.807) is 0 Å². The predicted molar refractivity (Wildman–Crippen MR) is 104 cm³/mol. The van der Waals surface area contributed by atoms with Crippen molar-refractivity contribution in [3.8, 4) is 0 Å². The second kappa shape index (κ2) is 9.46. The Morgan fingerprint density at radius 3 is 2.63 bits per heavy atom. The molecule has 0 aliphatic carbocycles. The van der Waals surface area contributed by atoms with E-state index in [0.717, 1.165) is 11.8 Å². The number of hydrogen-bond acceptors (Lipinski definition) is 11. The number of imidazole rings is 1. The maximum atomic E-state index is 11.7. The molecule has 0 unspecified atom stereocenters. The lowest BCUT2D eigenvalue weighted by Gasteiger charge is -2.16. The molecule has 1 fully saturated rings. The summed E-state index contributed by atoms with van der Waals surface area (Å²) in [7, 11) is -4.79. The van der Waals surface area contributed by atoms with Crippen LogP contribution in [0.2, 0.25) is 0 Å². The van der Waals surface area contributed by atoms with Gasteiger partial charge in [-0.25, -0.2) is 19.5 Å². The average molecular weight is 527 g/mol. The minimum atomic E-state index is -4.79. The third-order valence-electron chi connectivity index (χ3n) is 4.12. The second-order valence-electron chi connectivity index (χ2n) is 6.10. The van der Waals surface area contributed by atoms with Gasteiger partial charge in [-0.1, -0.05) is 27.7 Å². The first-order valence-electron chi connectivity index (χ1n) is 8.26. The van der Waals surface area contributed by atoms with Crippen molar-refractivity contribution in [3.05, 3.63) is 12.7 Å². The summed E-state index contributed by atoms with van der Waals surface area (Å²) in [6.07, 6.45) is -2.84. The molecule has 0 aromatic carbocycles. The van der Waals surface area contributed by atoms with E-state index in [4.69, 9.17) is 14.5 Å². The minimum absolute atomic E-state index is 0.0770. The van der Waals surface area contributed by atoms with Gasteiger partial charge in [-0.2, -0.15) is 0 Å². The number of phosphoric acid groups is 1. The van der Waals surface area contributed by atoms with Crippen molar-refractivity contribution in [1.82, 2.24) is 19.5 Å². The van der Waals surface area contributed by atoms with Crippen molar-refractivity contribution in [2.75, 3.05) is 17.7 Å². The first-order valence-corrected chi connectivity index (χ1v) is 11.9. The van der Waals surface area contributed by atoms with Crippen LogP contribution in [0, 0.1) is 0 Å². The molecule has 1 aliphatic heterocycles. The zero-order valence-electron chi connectivity index (χ0n) is 14.9. The number of thioether (sulfide) groups is 1. The number of rotatable bonds is 9. The van der Waals surface area contributed by atoms with Gasteiger partial charge in [-0.05, 0) is 0 Å². The van der Waals surface area contributed by atoms with E-state index in [1.807, 2.05) is 0 Å². The number of alkyl halides is 1. The number of halogens is 1.